The molecule has 0 bridgehead atoms. The minimum atomic E-state index is -0.613. The van der Waals surface area contributed by atoms with Crippen molar-refractivity contribution in [3.8, 4) is 0 Å². The van der Waals surface area contributed by atoms with E-state index >= 15 is 0 Å². The summed E-state index contributed by atoms with van der Waals surface area (Å²) in [6.07, 6.45) is 0. The van der Waals surface area contributed by atoms with Crippen molar-refractivity contribution in [3.63, 3.8) is 0 Å². The zero-order chi connectivity index (χ0) is 11.6. The number of benzene rings is 1. The molecule has 15 heavy (non-hydrogen) atoms. The summed E-state index contributed by atoms with van der Waals surface area (Å²) in [7, 11) is 0. The lowest BCUT2D eigenvalue weighted by Gasteiger charge is -2.19. The molecule has 1 rings (SSSR count). The molecule has 0 saturated heterocycles. The van der Waals surface area contributed by atoms with E-state index in [0.717, 1.165) is 6.07 Å². The predicted molar refractivity (Wildman–Crippen MR) is 56.0 cm³/mol. The molecule has 1 aromatic rings. The van der Waals surface area contributed by atoms with Crippen molar-refractivity contribution in [2.75, 3.05) is 5.73 Å². The highest BCUT2D eigenvalue weighted by Crippen LogP contribution is 2.16. The molecule has 0 aliphatic rings. The molecule has 1 aromatic carbocycles. The molecule has 0 heterocycles. The van der Waals surface area contributed by atoms with Gasteiger partial charge in [0, 0.05) is 0 Å². The second-order valence-electron chi connectivity index (χ2n) is 4.24. The van der Waals surface area contributed by atoms with Crippen LogP contribution in [0.25, 0.3) is 0 Å². The van der Waals surface area contributed by atoms with Crippen molar-refractivity contribution in [1.29, 1.82) is 0 Å². The highest BCUT2D eigenvalue weighted by atomic mass is 19.1. The first-order valence-electron chi connectivity index (χ1n) is 4.58. The lowest BCUT2D eigenvalue weighted by molar-refractivity contribution is 0.00691. The van der Waals surface area contributed by atoms with E-state index in [9.17, 15) is 9.18 Å². The van der Waals surface area contributed by atoms with Crippen molar-refractivity contribution in [3.05, 3.63) is 29.6 Å². The summed E-state index contributed by atoms with van der Waals surface area (Å²) in [4.78, 5) is 11.5. The number of anilines is 1. The SMILES string of the molecule is CC(C)(C)OC(=O)c1ccc(N)c(F)c1. The van der Waals surface area contributed by atoms with E-state index < -0.39 is 17.4 Å². The summed E-state index contributed by atoms with van der Waals surface area (Å²) < 4.78 is 18.1. The van der Waals surface area contributed by atoms with Crippen LogP contribution < -0.4 is 5.73 Å². The number of rotatable bonds is 1. The van der Waals surface area contributed by atoms with Crippen LogP contribution in [0.2, 0.25) is 0 Å². The van der Waals surface area contributed by atoms with Crippen molar-refractivity contribution < 1.29 is 13.9 Å². The Morgan fingerprint density at radius 3 is 2.47 bits per heavy atom. The third-order valence-electron chi connectivity index (χ3n) is 1.64. The normalized spacial score (nSPS) is 11.2. The van der Waals surface area contributed by atoms with Gasteiger partial charge in [-0.3, -0.25) is 0 Å². The number of ether oxygens (including phenoxy) is 1. The van der Waals surface area contributed by atoms with Gasteiger partial charge in [0.2, 0.25) is 0 Å². The van der Waals surface area contributed by atoms with E-state index in [1.54, 1.807) is 20.8 Å². The molecule has 0 saturated carbocycles. The van der Waals surface area contributed by atoms with Crippen LogP contribution in [0.5, 0.6) is 0 Å². The number of halogens is 1. The van der Waals surface area contributed by atoms with E-state index in [2.05, 4.69) is 0 Å². The molecular formula is C11H14FNO2. The second kappa shape index (κ2) is 3.88. The predicted octanol–water partition coefficient (Wildman–Crippen LogP) is 2.36. The van der Waals surface area contributed by atoms with Gasteiger partial charge in [0.1, 0.15) is 11.4 Å². The first kappa shape index (κ1) is 11.5. The topological polar surface area (TPSA) is 52.3 Å². The largest absolute Gasteiger partial charge is 0.456 e. The van der Waals surface area contributed by atoms with Crippen molar-refractivity contribution >= 4 is 11.7 Å². The first-order valence-corrected chi connectivity index (χ1v) is 4.58. The zero-order valence-corrected chi connectivity index (χ0v) is 9.00. The fraction of sp³-hybridized carbons (Fsp3) is 0.364. The van der Waals surface area contributed by atoms with Gasteiger partial charge in [-0.15, -0.1) is 0 Å². The van der Waals surface area contributed by atoms with Gasteiger partial charge in [-0.1, -0.05) is 0 Å². The smallest absolute Gasteiger partial charge is 0.338 e. The quantitative estimate of drug-likeness (QED) is 0.573. The van der Waals surface area contributed by atoms with Gasteiger partial charge in [0.15, 0.2) is 0 Å². The first-order chi connectivity index (χ1) is 6.79. The van der Waals surface area contributed by atoms with Crippen LogP contribution >= 0.6 is 0 Å². The van der Waals surface area contributed by atoms with E-state index in [-0.39, 0.29) is 11.3 Å². The number of hydrogen-bond donors (Lipinski definition) is 1. The highest BCUT2D eigenvalue weighted by molar-refractivity contribution is 5.90. The van der Waals surface area contributed by atoms with Gasteiger partial charge < -0.3 is 10.5 Å². The maximum Gasteiger partial charge on any atom is 0.338 e. The number of carbonyl (C=O) groups excluding carboxylic acids is 1. The van der Waals surface area contributed by atoms with E-state index in [1.807, 2.05) is 0 Å². The molecule has 0 atom stereocenters. The van der Waals surface area contributed by atoms with Crippen LogP contribution in [-0.4, -0.2) is 11.6 Å². The monoisotopic (exact) mass is 211 g/mol. The Balaban J connectivity index is 2.88. The fourth-order valence-corrected chi connectivity index (χ4v) is 0.991. The van der Waals surface area contributed by atoms with E-state index in [4.69, 9.17) is 10.5 Å². The number of nitrogen functional groups attached to an aromatic ring is 1. The molecule has 0 fully saturated rings. The van der Waals surface area contributed by atoms with Crippen LogP contribution in [0.3, 0.4) is 0 Å². The summed E-state index contributed by atoms with van der Waals surface area (Å²) in [5, 5.41) is 0. The minimum Gasteiger partial charge on any atom is -0.456 e. The number of hydrogen-bond acceptors (Lipinski definition) is 3. The summed E-state index contributed by atoms with van der Waals surface area (Å²) in [6, 6.07) is 3.85. The number of nitrogens with two attached hydrogens (primary N) is 1. The van der Waals surface area contributed by atoms with Gasteiger partial charge in [0.25, 0.3) is 0 Å². The molecular weight excluding hydrogens is 197 g/mol. The molecule has 3 nitrogen and oxygen atoms in total. The van der Waals surface area contributed by atoms with Crippen molar-refractivity contribution in [2.24, 2.45) is 0 Å². The van der Waals surface area contributed by atoms with Crippen molar-refractivity contribution in [2.45, 2.75) is 26.4 Å². The third kappa shape index (κ3) is 3.23. The number of esters is 1. The highest BCUT2D eigenvalue weighted by Gasteiger charge is 2.18. The van der Waals surface area contributed by atoms with Crippen LogP contribution in [0.4, 0.5) is 10.1 Å². The lowest BCUT2D eigenvalue weighted by Crippen LogP contribution is -2.23. The summed E-state index contributed by atoms with van der Waals surface area (Å²) in [5.41, 5.74) is 4.88. The van der Waals surface area contributed by atoms with Crippen LogP contribution in [0, 0.1) is 5.82 Å². The molecule has 0 aliphatic heterocycles. The molecule has 0 unspecified atom stereocenters. The summed E-state index contributed by atoms with van der Waals surface area (Å²) in [5.74, 6) is -1.17. The zero-order valence-electron chi connectivity index (χ0n) is 9.00. The number of carbonyl (C=O) groups is 1. The Hall–Kier alpha value is -1.58. The van der Waals surface area contributed by atoms with Crippen LogP contribution in [-0.2, 0) is 4.74 Å². The fourth-order valence-electron chi connectivity index (χ4n) is 0.991. The van der Waals surface area contributed by atoms with E-state index in [1.165, 1.54) is 12.1 Å². The van der Waals surface area contributed by atoms with Gasteiger partial charge in [-0.2, -0.15) is 0 Å². The maximum absolute atomic E-state index is 13.0. The molecule has 0 spiro atoms. The summed E-state index contributed by atoms with van der Waals surface area (Å²) >= 11 is 0. The molecule has 0 aliphatic carbocycles. The standard InChI is InChI=1S/C11H14FNO2/c1-11(2,3)15-10(14)7-4-5-9(13)8(12)6-7/h4-6H,13H2,1-3H3. The Labute approximate surface area is 88.0 Å². The van der Waals surface area contributed by atoms with Crippen LogP contribution in [0.15, 0.2) is 18.2 Å². The average molecular weight is 211 g/mol. The van der Waals surface area contributed by atoms with E-state index in [0.29, 0.717) is 0 Å². The van der Waals surface area contributed by atoms with Gasteiger partial charge in [-0.05, 0) is 39.0 Å². The minimum absolute atomic E-state index is 0.0160. The molecule has 4 heteroatoms. The van der Waals surface area contributed by atoms with Gasteiger partial charge in [-0.25, -0.2) is 9.18 Å². The Kier molecular flexibility index (Phi) is 2.98. The molecule has 0 amide bonds. The maximum atomic E-state index is 13.0. The summed E-state index contributed by atoms with van der Waals surface area (Å²) in [6.45, 7) is 5.25. The van der Waals surface area contributed by atoms with Gasteiger partial charge >= 0.3 is 5.97 Å². The Bertz CT molecular complexity index is 383. The molecule has 0 radical (unpaired) electrons. The Morgan fingerprint density at radius 1 is 1.40 bits per heavy atom. The van der Waals surface area contributed by atoms with Crippen LogP contribution in [0.1, 0.15) is 31.1 Å². The molecule has 0 aromatic heterocycles. The Morgan fingerprint density at radius 2 is 2.00 bits per heavy atom. The van der Waals surface area contributed by atoms with Gasteiger partial charge in [0.05, 0.1) is 11.3 Å². The second-order valence-corrected chi connectivity index (χ2v) is 4.24. The molecule has 2 N–H and O–H groups in total. The third-order valence-corrected chi connectivity index (χ3v) is 1.64. The van der Waals surface area contributed by atoms with Crippen molar-refractivity contribution in [1.82, 2.24) is 0 Å². The molecule has 82 valence electrons. The lowest BCUT2D eigenvalue weighted by atomic mass is 10.1. The average Bonchev–Trinajstić information content (AvgIpc) is 2.06.